The zero-order valence-electron chi connectivity index (χ0n) is 8.05. The molecular formula is C10H20OSi. The zero-order valence-corrected chi connectivity index (χ0v) is 9.05. The summed E-state index contributed by atoms with van der Waals surface area (Å²) < 4.78 is 0. The molecule has 1 fully saturated rings. The molecule has 0 radical (unpaired) electrons. The number of rotatable bonds is 3. The lowest BCUT2D eigenvalue weighted by atomic mass is 10.0. The Morgan fingerprint density at radius 1 is 1.42 bits per heavy atom. The predicted molar refractivity (Wildman–Crippen MR) is 55.5 cm³/mol. The molecule has 0 aliphatic heterocycles. The van der Waals surface area contributed by atoms with Crippen molar-refractivity contribution >= 4 is 8.32 Å². The molecular weight excluding hydrogens is 164 g/mol. The van der Waals surface area contributed by atoms with Gasteiger partial charge in [0.15, 0.2) is 0 Å². The van der Waals surface area contributed by atoms with Crippen LogP contribution in [0.2, 0.25) is 11.6 Å². The number of hydrogen-bond acceptors (Lipinski definition) is 1. The second-order valence-electron chi connectivity index (χ2n) is 3.88. The van der Waals surface area contributed by atoms with Gasteiger partial charge in [0.1, 0.15) is 0 Å². The molecule has 1 nitrogen and oxygen atoms in total. The van der Waals surface area contributed by atoms with E-state index in [1.807, 2.05) is 5.70 Å². The first-order valence-electron chi connectivity index (χ1n) is 5.09. The van der Waals surface area contributed by atoms with E-state index in [4.69, 9.17) is 0 Å². The maximum atomic E-state index is 10.3. The van der Waals surface area contributed by atoms with Crippen molar-refractivity contribution in [2.45, 2.75) is 50.6 Å². The first kappa shape index (κ1) is 10.0. The van der Waals surface area contributed by atoms with E-state index in [-0.39, 0.29) is 0 Å². The SMILES string of the molecule is C=C[Si](O)(CC)C1CCCCC1. The topological polar surface area (TPSA) is 20.2 Å². The highest BCUT2D eigenvalue weighted by Crippen LogP contribution is 2.37. The Hall–Kier alpha value is -0.0831. The van der Waals surface area contributed by atoms with Gasteiger partial charge in [-0.3, -0.25) is 0 Å². The monoisotopic (exact) mass is 184 g/mol. The van der Waals surface area contributed by atoms with Crippen molar-refractivity contribution in [1.82, 2.24) is 0 Å². The van der Waals surface area contributed by atoms with E-state index in [1.54, 1.807) is 0 Å². The van der Waals surface area contributed by atoms with Gasteiger partial charge < -0.3 is 4.80 Å². The van der Waals surface area contributed by atoms with Crippen molar-refractivity contribution in [3.8, 4) is 0 Å². The van der Waals surface area contributed by atoms with E-state index in [0.29, 0.717) is 5.54 Å². The molecule has 1 N–H and O–H groups in total. The first-order valence-corrected chi connectivity index (χ1v) is 7.40. The fourth-order valence-corrected chi connectivity index (χ4v) is 4.81. The Labute approximate surface area is 76.6 Å². The summed E-state index contributed by atoms with van der Waals surface area (Å²) >= 11 is 0. The van der Waals surface area contributed by atoms with Crippen molar-refractivity contribution in [2.24, 2.45) is 0 Å². The maximum absolute atomic E-state index is 10.3. The lowest BCUT2D eigenvalue weighted by molar-refractivity contribution is 0.434. The Bertz CT molecular complexity index is 152. The third-order valence-electron chi connectivity index (χ3n) is 3.23. The standard InChI is InChI=1S/C10H20OSi/c1-3-12(11,4-2)10-8-6-5-7-9-10/h3,10-11H,1,4-9H2,2H3. The Balaban J connectivity index is 2.57. The minimum atomic E-state index is -2.03. The average molecular weight is 184 g/mol. The lowest BCUT2D eigenvalue weighted by Crippen LogP contribution is -2.38. The fraction of sp³-hybridized carbons (Fsp3) is 0.800. The highest BCUT2D eigenvalue weighted by Gasteiger charge is 2.35. The van der Waals surface area contributed by atoms with Crippen LogP contribution < -0.4 is 0 Å². The van der Waals surface area contributed by atoms with Crippen LogP contribution in [-0.2, 0) is 0 Å². The smallest absolute Gasteiger partial charge is 0.215 e. The second kappa shape index (κ2) is 4.24. The molecule has 12 heavy (non-hydrogen) atoms. The third-order valence-corrected chi connectivity index (χ3v) is 7.06. The largest absolute Gasteiger partial charge is 0.428 e. The van der Waals surface area contributed by atoms with Gasteiger partial charge in [-0.25, -0.2) is 0 Å². The van der Waals surface area contributed by atoms with Crippen molar-refractivity contribution < 1.29 is 4.80 Å². The highest BCUT2D eigenvalue weighted by atomic mass is 28.4. The van der Waals surface area contributed by atoms with Gasteiger partial charge in [0.2, 0.25) is 8.32 Å². The summed E-state index contributed by atoms with van der Waals surface area (Å²) in [5, 5.41) is 0. The average Bonchev–Trinajstić information content (AvgIpc) is 2.18. The van der Waals surface area contributed by atoms with Gasteiger partial charge in [0.05, 0.1) is 0 Å². The van der Waals surface area contributed by atoms with Gasteiger partial charge in [0, 0.05) is 0 Å². The van der Waals surface area contributed by atoms with E-state index in [9.17, 15) is 4.80 Å². The molecule has 1 atom stereocenters. The summed E-state index contributed by atoms with van der Waals surface area (Å²) in [4.78, 5) is 10.3. The van der Waals surface area contributed by atoms with E-state index in [0.717, 1.165) is 6.04 Å². The first-order chi connectivity index (χ1) is 5.73. The molecule has 70 valence electrons. The summed E-state index contributed by atoms with van der Waals surface area (Å²) in [7, 11) is -2.03. The van der Waals surface area contributed by atoms with Gasteiger partial charge >= 0.3 is 0 Å². The van der Waals surface area contributed by atoms with Crippen LogP contribution in [0.25, 0.3) is 0 Å². The van der Waals surface area contributed by atoms with Crippen molar-refractivity contribution in [3.05, 3.63) is 12.3 Å². The quantitative estimate of drug-likeness (QED) is 0.669. The van der Waals surface area contributed by atoms with Crippen LogP contribution in [0.1, 0.15) is 39.0 Å². The van der Waals surface area contributed by atoms with Crippen LogP contribution in [-0.4, -0.2) is 13.1 Å². The summed E-state index contributed by atoms with van der Waals surface area (Å²) in [5.41, 5.74) is 2.48. The Morgan fingerprint density at radius 3 is 2.42 bits per heavy atom. The van der Waals surface area contributed by atoms with Gasteiger partial charge in [-0.05, 0) is 11.6 Å². The van der Waals surface area contributed by atoms with Crippen LogP contribution in [0.4, 0.5) is 0 Å². The molecule has 1 saturated carbocycles. The van der Waals surface area contributed by atoms with Crippen LogP contribution in [0.15, 0.2) is 12.3 Å². The van der Waals surface area contributed by atoms with Crippen molar-refractivity contribution in [2.75, 3.05) is 0 Å². The minimum absolute atomic E-state index is 0.605. The van der Waals surface area contributed by atoms with Crippen LogP contribution >= 0.6 is 0 Å². The molecule has 0 saturated heterocycles. The van der Waals surface area contributed by atoms with Crippen LogP contribution in [0.5, 0.6) is 0 Å². The van der Waals surface area contributed by atoms with Crippen LogP contribution in [0.3, 0.4) is 0 Å². The number of hydrogen-bond donors (Lipinski definition) is 1. The summed E-state index contributed by atoms with van der Waals surface area (Å²) in [6.45, 7) is 5.89. The van der Waals surface area contributed by atoms with E-state index < -0.39 is 8.32 Å². The Morgan fingerprint density at radius 2 is 2.00 bits per heavy atom. The highest BCUT2D eigenvalue weighted by molar-refractivity contribution is 6.78. The minimum Gasteiger partial charge on any atom is -0.428 e. The molecule has 0 spiro atoms. The summed E-state index contributed by atoms with van der Waals surface area (Å²) in [5.74, 6) is 0. The molecule has 1 aliphatic carbocycles. The molecule has 0 bridgehead atoms. The lowest BCUT2D eigenvalue weighted by Gasteiger charge is -2.32. The summed E-state index contributed by atoms with van der Waals surface area (Å²) in [6.07, 6.45) is 6.47. The molecule has 0 aromatic rings. The van der Waals surface area contributed by atoms with E-state index in [2.05, 4.69) is 13.5 Å². The third kappa shape index (κ3) is 1.99. The van der Waals surface area contributed by atoms with Gasteiger partial charge in [-0.15, -0.1) is 6.58 Å². The maximum Gasteiger partial charge on any atom is 0.215 e. The molecule has 1 aliphatic rings. The molecule has 2 heteroatoms. The van der Waals surface area contributed by atoms with Crippen molar-refractivity contribution in [3.63, 3.8) is 0 Å². The molecule has 0 aromatic heterocycles. The van der Waals surface area contributed by atoms with E-state index >= 15 is 0 Å². The van der Waals surface area contributed by atoms with E-state index in [1.165, 1.54) is 32.1 Å². The van der Waals surface area contributed by atoms with Gasteiger partial charge in [-0.2, -0.15) is 0 Å². The molecule has 0 aromatic carbocycles. The molecule has 0 amide bonds. The molecule has 1 unspecified atom stereocenters. The molecule has 1 rings (SSSR count). The van der Waals surface area contributed by atoms with Crippen LogP contribution in [0, 0.1) is 0 Å². The predicted octanol–water partition coefficient (Wildman–Crippen LogP) is 3.00. The zero-order chi connectivity index (χ0) is 9.03. The van der Waals surface area contributed by atoms with Crippen molar-refractivity contribution in [1.29, 1.82) is 0 Å². The summed E-state index contributed by atoms with van der Waals surface area (Å²) in [6, 6.07) is 0.946. The Kier molecular flexibility index (Phi) is 3.53. The normalized spacial score (nSPS) is 24.8. The fourth-order valence-electron chi connectivity index (χ4n) is 2.20. The van der Waals surface area contributed by atoms with Gasteiger partial charge in [0.25, 0.3) is 0 Å². The molecule has 0 heterocycles. The van der Waals surface area contributed by atoms with Gasteiger partial charge in [-0.1, -0.05) is 44.7 Å². The second-order valence-corrected chi connectivity index (χ2v) is 7.80.